The zero-order valence-corrected chi connectivity index (χ0v) is 12.3. The fourth-order valence-electron chi connectivity index (χ4n) is 1.96. The van der Waals surface area contributed by atoms with Gasteiger partial charge in [-0.3, -0.25) is 0 Å². The first-order chi connectivity index (χ1) is 8.74. The Morgan fingerprint density at radius 3 is 2.72 bits per heavy atom. The lowest BCUT2D eigenvalue weighted by molar-refractivity contribution is 0.154. The summed E-state index contributed by atoms with van der Waals surface area (Å²) >= 11 is 6.27. The van der Waals surface area contributed by atoms with Crippen LogP contribution in [0, 0.1) is 0 Å². The van der Waals surface area contributed by atoms with Crippen LogP contribution in [0.1, 0.15) is 19.4 Å². The lowest BCUT2D eigenvalue weighted by Crippen LogP contribution is -2.28. The van der Waals surface area contributed by atoms with Gasteiger partial charge in [0, 0.05) is 42.5 Å². The van der Waals surface area contributed by atoms with Crippen LogP contribution in [0.4, 0.5) is 5.69 Å². The van der Waals surface area contributed by atoms with Gasteiger partial charge in [-0.2, -0.15) is 0 Å². The van der Waals surface area contributed by atoms with Gasteiger partial charge in [-0.15, -0.1) is 0 Å². The summed E-state index contributed by atoms with van der Waals surface area (Å²) in [5, 5.41) is 3.99. The monoisotopic (exact) mass is 270 g/mol. The number of nitrogens with zero attached hydrogens (tertiary/aromatic N) is 1. The Balaban J connectivity index is 2.86. The van der Waals surface area contributed by atoms with Crippen molar-refractivity contribution in [1.82, 2.24) is 5.32 Å². The van der Waals surface area contributed by atoms with Gasteiger partial charge in [-0.05, 0) is 33.0 Å². The van der Waals surface area contributed by atoms with Crippen molar-refractivity contribution in [3.8, 4) is 0 Å². The predicted molar refractivity (Wildman–Crippen MR) is 78.6 cm³/mol. The van der Waals surface area contributed by atoms with Crippen LogP contribution in [0.25, 0.3) is 0 Å². The summed E-state index contributed by atoms with van der Waals surface area (Å²) < 4.78 is 5.43. The molecule has 1 aromatic rings. The molecule has 0 aliphatic rings. The Kier molecular flexibility index (Phi) is 7.09. The Hall–Kier alpha value is -0.770. The Labute approximate surface area is 115 Å². The largest absolute Gasteiger partial charge is 0.380 e. The summed E-state index contributed by atoms with van der Waals surface area (Å²) in [6.45, 7) is 8.29. The number of benzene rings is 1. The molecular weight excluding hydrogens is 248 g/mol. The summed E-state index contributed by atoms with van der Waals surface area (Å²) in [7, 11) is 1.93. The first-order valence-electron chi connectivity index (χ1n) is 6.49. The Morgan fingerprint density at radius 2 is 2.11 bits per heavy atom. The minimum atomic E-state index is 0.746. The van der Waals surface area contributed by atoms with Gasteiger partial charge >= 0.3 is 0 Å². The first-order valence-corrected chi connectivity index (χ1v) is 6.87. The molecule has 1 rings (SSSR count). The molecule has 0 fully saturated rings. The number of hydrogen-bond donors (Lipinski definition) is 1. The molecule has 0 aliphatic heterocycles. The van der Waals surface area contributed by atoms with E-state index in [1.807, 2.05) is 26.1 Å². The fraction of sp³-hybridized carbons (Fsp3) is 0.571. The number of nitrogens with one attached hydrogen (secondary N) is 1. The normalized spacial score (nSPS) is 10.7. The molecule has 18 heavy (non-hydrogen) atoms. The molecule has 0 aromatic heterocycles. The molecule has 1 aromatic carbocycles. The van der Waals surface area contributed by atoms with Crippen molar-refractivity contribution < 1.29 is 4.74 Å². The van der Waals surface area contributed by atoms with Gasteiger partial charge in [-0.25, -0.2) is 0 Å². The van der Waals surface area contributed by atoms with Crippen LogP contribution < -0.4 is 10.2 Å². The zero-order valence-electron chi connectivity index (χ0n) is 11.5. The highest BCUT2D eigenvalue weighted by Gasteiger charge is 2.11. The molecule has 0 atom stereocenters. The van der Waals surface area contributed by atoms with Gasteiger partial charge in [0.2, 0.25) is 0 Å². The van der Waals surface area contributed by atoms with Crippen molar-refractivity contribution in [3.05, 3.63) is 28.8 Å². The minimum absolute atomic E-state index is 0.746. The number of halogens is 1. The topological polar surface area (TPSA) is 24.5 Å². The van der Waals surface area contributed by atoms with Crippen molar-refractivity contribution in [2.24, 2.45) is 0 Å². The molecule has 0 spiro atoms. The quantitative estimate of drug-likeness (QED) is 0.735. The number of rotatable bonds is 8. The van der Waals surface area contributed by atoms with Gasteiger partial charge in [-0.1, -0.05) is 17.7 Å². The van der Waals surface area contributed by atoms with E-state index < -0.39 is 0 Å². The maximum Gasteiger partial charge on any atom is 0.0641 e. The van der Waals surface area contributed by atoms with E-state index in [0.717, 1.165) is 43.4 Å². The number of anilines is 1. The fourth-order valence-corrected chi connectivity index (χ4v) is 2.20. The van der Waals surface area contributed by atoms with Crippen molar-refractivity contribution in [2.75, 3.05) is 38.3 Å². The molecule has 0 unspecified atom stereocenters. The number of hydrogen-bond acceptors (Lipinski definition) is 3. The second kappa shape index (κ2) is 8.35. The average molecular weight is 271 g/mol. The van der Waals surface area contributed by atoms with Crippen molar-refractivity contribution in [1.29, 1.82) is 0 Å². The van der Waals surface area contributed by atoms with Crippen LogP contribution in [0.5, 0.6) is 0 Å². The van der Waals surface area contributed by atoms with Gasteiger partial charge in [0.05, 0.1) is 6.61 Å². The van der Waals surface area contributed by atoms with Gasteiger partial charge in [0.1, 0.15) is 0 Å². The van der Waals surface area contributed by atoms with Crippen molar-refractivity contribution in [3.63, 3.8) is 0 Å². The minimum Gasteiger partial charge on any atom is -0.380 e. The van der Waals surface area contributed by atoms with E-state index in [0.29, 0.717) is 0 Å². The van der Waals surface area contributed by atoms with E-state index in [2.05, 4.69) is 23.2 Å². The van der Waals surface area contributed by atoms with Crippen LogP contribution in [-0.2, 0) is 11.3 Å². The molecular formula is C14H23ClN2O. The Morgan fingerprint density at radius 1 is 1.33 bits per heavy atom. The first kappa shape index (κ1) is 15.3. The number of ether oxygens (including phenoxy) is 1. The van der Waals surface area contributed by atoms with Crippen molar-refractivity contribution >= 4 is 17.3 Å². The third kappa shape index (κ3) is 4.16. The van der Waals surface area contributed by atoms with Crippen LogP contribution in [0.2, 0.25) is 5.02 Å². The summed E-state index contributed by atoms with van der Waals surface area (Å²) in [4.78, 5) is 2.30. The molecule has 0 bridgehead atoms. The van der Waals surface area contributed by atoms with Gasteiger partial charge in [0.15, 0.2) is 0 Å². The van der Waals surface area contributed by atoms with Gasteiger partial charge < -0.3 is 15.0 Å². The lowest BCUT2D eigenvalue weighted by atomic mass is 10.1. The smallest absolute Gasteiger partial charge is 0.0641 e. The highest BCUT2D eigenvalue weighted by Crippen LogP contribution is 2.27. The second-order valence-electron chi connectivity index (χ2n) is 4.04. The molecule has 1 N–H and O–H groups in total. The third-order valence-electron chi connectivity index (χ3n) is 2.88. The summed E-state index contributed by atoms with van der Waals surface area (Å²) in [6.07, 6.45) is 0. The standard InChI is InChI=1S/C14H23ClN2O/c1-4-17(9-10-18-5-2)14-8-6-7-13(15)12(14)11-16-3/h6-8,16H,4-5,9-11H2,1-3H3. The van der Waals surface area contributed by atoms with E-state index in [9.17, 15) is 0 Å². The highest BCUT2D eigenvalue weighted by atomic mass is 35.5. The third-order valence-corrected chi connectivity index (χ3v) is 3.23. The summed E-state index contributed by atoms with van der Waals surface area (Å²) in [6, 6.07) is 6.06. The molecule has 0 aliphatic carbocycles. The van der Waals surface area contributed by atoms with E-state index in [-0.39, 0.29) is 0 Å². The number of likely N-dealkylation sites (N-methyl/N-ethyl adjacent to an activating group) is 1. The molecule has 0 heterocycles. The van der Waals surface area contributed by atoms with Crippen LogP contribution in [0.15, 0.2) is 18.2 Å². The molecule has 0 saturated carbocycles. The second-order valence-corrected chi connectivity index (χ2v) is 4.45. The maximum atomic E-state index is 6.27. The Bertz CT molecular complexity index is 358. The molecule has 0 amide bonds. The van der Waals surface area contributed by atoms with Crippen molar-refractivity contribution in [2.45, 2.75) is 20.4 Å². The van der Waals surface area contributed by atoms with Crippen LogP contribution >= 0.6 is 11.6 Å². The zero-order chi connectivity index (χ0) is 13.4. The molecule has 102 valence electrons. The predicted octanol–water partition coefficient (Wildman–Crippen LogP) is 2.92. The molecule has 4 heteroatoms. The average Bonchev–Trinajstić information content (AvgIpc) is 2.38. The molecule has 0 saturated heterocycles. The maximum absolute atomic E-state index is 6.27. The lowest BCUT2D eigenvalue weighted by Gasteiger charge is -2.26. The SMILES string of the molecule is CCOCCN(CC)c1cccc(Cl)c1CNC. The summed E-state index contributed by atoms with van der Waals surface area (Å²) in [5.74, 6) is 0. The van der Waals surface area contributed by atoms with E-state index in [4.69, 9.17) is 16.3 Å². The van der Waals surface area contributed by atoms with Crippen LogP contribution in [-0.4, -0.2) is 33.4 Å². The van der Waals surface area contributed by atoms with E-state index >= 15 is 0 Å². The highest BCUT2D eigenvalue weighted by molar-refractivity contribution is 6.31. The summed E-state index contributed by atoms with van der Waals surface area (Å²) in [5.41, 5.74) is 2.35. The van der Waals surface area contributed by atoms with E-state index in [1.54, 1.807) is 0 Å². The molecule has 3 nitrogen and oxygen atoms in total. The van der Waals surface area contributed by atoms with Crippen LogP contribution in [0.3, 0.4) is 0 Å². The molecule has 0 radical (unpaired) electrons. The van der Waals surface area contributed by atoms with E-state index in [1.165, 1.54) is 5.69 Å². The van der Waals surface area contributed by atoms with Gasteiger partial charge in [0.25, 0.3) is 0 Å².